The summed E-state index contributed by atoms with van der Waals surface area (Å²) < 4.78 is 59.5. The van der Waals surface area contributed by atoms with Crippen LogP contribution in [-0.2, 0) is 21.4 Å². The highest BCUT2D eigenvalue weighted by atomic mass is 32.2. The van der Waals surface area contributed by atoms with E-state index in [4.69, 9.17) is 13.9 Å². The first-order valence-corrected chi connectivity index (χ1v) is 13.0. The number of carbonyl (C=O) groups is 1. The number of hydrogen-bond acceptors (Lipinski definition) is 7. The van der Waals surface area contributed by atoms with Crippen molar-refractivity contribution in [2.45, 2.75) is 24.3 Å². The van der Waals surface area contributed by atoms with E-state index in [1.165, 1.54) is 31.6 Å². The molecule has 1 fully saturated rings. The van der Waals surface area contributed by atoms with Crippen molar-refractivity contribution in [2.75, 3.05) is 31.5 Å². The van der Waals surface area contributed by atoms with Gasteiger partial charge in [-0.25, -0.2) is 17.6 Å². The number of ether oxygens (including phenoxy) is 2. The summed E-state index contributed by atoms with van der Waals surface area (Å²) in [6, 6.07) is 8.34. The van der Waals surface area contributed by atoms with Crippen LogP contribution in [0.15, 0.2) is 58.1 Å². The number of halogens is 1. The van der Waals surface area contributed by atoms with Crippen LogP contribution in [0, 0.1) is 5.82 Å². The Morgan fingerprint density at radius 1 is 1.17 bits per heavy atom. The van der Waals surface area contributed by atoms with E-state index in [1.54, 1.807) is 18.2 Å². The number of nitrogens with one attached hydrogen (secondary N) is 1. The van der Waals surface area contributed by atoms with Crippen LogP contribution in [0.4, 0.5) is 10.1 Å². The van der Waals surface area contributed by atoms with Crippen LogP contribution in [-0.4, -0.2) is 46.0 Å². The summed E-state index contributed by atoms with van der Waals surface area (Å²) in [6.45, 7) is 2.70. The number of furan rings is 1. The quantitative estimate of drug-likeness (QED) is 0.459. The van der Waals surface area contributed by atoms with E-state index in [-0.39, 0.29) is 34.1 Å². The standard InChI is InChI=1S/C26H25FN2O6S/c1-33-26(30)24-21(8-7-20-19-10-14-34-22(19)16-35-25(20)24)28-36(31,32)23-9-6-18(27)15-17(23)5-4-13-29-11-2-3-12-29/h4-10,14-15,28H,2-3,11-13,16H2,1H3. The lowest BCUT2D eigenvalue weighted by Crippen LogP contribution is -2.19. The van der Waals surface area contributed by atoms with Gasteiger partial charge in [0.25, 0.3) is 10.0 Å². The van der Waals surface area contributed by atoms with Crippen molar-refractivity contribution < 1.29 is 31.5 Å². The van der Waals surface area contributed by atoms with Crippen LogP contribution >= 0.6 is 0 Å². The molecule has 0 radical (unpaired) electrons. The first kappa shape index (κ1) is 24.1. The molecule has 0 saturated carbocycles. The molecule has 0 unspecified atom stereocenters. The number of rotatable bonds is 7. The average Bonchev–Trinajstić information content (AvgIpc) is 3.55. The Morgan fingerprint density at radius 2 is 1.97 bits per heavy atom. The van der Waals surface area contributed by atoms with Crippen molar-refractivity contribution >= 4 is 27.8 Å². The van der Waals surface area contributed by atoms with Crippen LogP contribution in [0.1, 0.15) is 34.5 Å². The fourth-order valence-electron chi connectivity index (χ4n) is 4.55. The smallest absolute Gasteiger partial charge is 0.343 e. The summed E-state index contributed by atoms with van der Waals surface area (Å²) in [7, 11) is -3.01. The lowest BCUT2D eigenvalue weighted by atomic mass is 9.98. The highest BCUT2D eigenvalue weighted by Gasteiger charge is 2.30. The van der Waals surface area contributed by atoms with Gasteiger partial charge in [-0.2, -0.15) is 0 Å². The molecular weight excluding hydrogens is 487 g/mol. The van der Waals surface area contributed by atoms with E-state index in [2.05, 4.69) is 9.62 Å². The minimum absolute atomic E-state index is 0.0103. The Bertz CT molecular complexity index is 1440. The van der Waals surface area contributed by atoms with E-state index in [0.29, 0.717) is 17.9 Å². The van der Waals surface area contributed by atoms with Gasteiger partial charge in [0.1, 0.15) is 29.5 Å². The molecule has 8 nitrogen and oxygen atoms in total. The fourth-order valence-corrected chi connectivity index (χ4v) is 5.81. The second kappa shape index (κ2) is 9.79. The van der Waals surface area contributed by atoms with E-state index < -0.39 is 21.8 Å². The zero-order chi connectivity index (χ0) is 25.3. The third-order valence-electron chi connectivity index (χ3n) is 6.30. The van der Waals surface area contributed by atoms with E-state index >= 15 is 0 Å². The van der Waals surface area contributed by atoms with E-state index in [1.807, 2.05) is 6.08 Å². The second-order valence-electron chi connectivity index (χ2n) is 8.60. The molecule has 0 atom stereocenters. The molecular formula is C26H25FN2O6S. The summed E-state index contributed by atoms with van der Waals surface area (Å²) in [5, 5.41) is 0. The Hall–Kier alpha value is -3.63. The lowest BCUT2D eigenvalue weighted by Gasteiger charge is -2.22. The number of fused-ring (bicyclic) bond motifs is 3. The summed E-state index contributed by atoms with van der Waals surface area (Å²) in [4.78, 5) is 14.9. The number of nitrogens with zero attached hydrogens (tertiary/aromatic N) is 1. The average molecular weight is 513 g/mol. The van der Waals surface area contributed by atoms with Crippen LogP contribution in [0.2, 0.25) is 0 Å². The fraction of sp³-hybridized carbons (Fsp3) is 0.269. The van der Waals surface area contributed by atoms with Crippen molar-refractivity contribution in [1.29, 1.82) is 0 Å². The van der Waals surface area contributed by atoms with Crippen LogP contribution in [0.3, 0.4) is 0 Å². The maximum Gasteiger partial charge on any atom is 0.343 e. The summed E-state index contributed by atoms with van der Waals surface area (Å²) >= 11 is 0. The Kier molecular flexibility index (Phi) is 6.55. The highest BCUT2D eigenvalue weighted by molar-refractivity contribution is 7.92. The number of sulfonamides is 1. The third-order valence-corrected chi connectivity index (χ3v) is 7.74. The van der Waals surface area contributed by atoms with Crippen LogP contribution in [0.5, 0.6) is 5.75 Å². The van der Waals surface area contributed by atoms with Gasteiger partial charge < -0.3 is 13.9 Å². The van der Waals surface area contributed by atoms with E-state index in [9.17, 15) is 17.6 Å². The lowest BCUT2D eigenvalue weighted by molar-refractivity contribution is 0.0596. The molecule has 2 aliphatic heterocycles. The molecule has 0 aliphatic carbocycles. The number of anilines is 1. The summed E-state index contributed by atoms with van der Waals surface area (Å²) in [5.41, 5.74) is 1.47. The van der Waals surface area contributed by atoms with E-state index in [0.717, 1.165) is 37.6 Å². The van der Waals surface area contributed by atoms with Gasteiger partial charge in [0.15, 0.2) is 0 Å². The number of carbonyl (C=O) groups excluding carboxylic acids is 1. The zero-order valence-electron chi connectivity index (χ0n) is 19.6. The van der Waals surface area contributed by atoms with Crippen LogP contribution in [0.25, 0.3) is 17.2 Å². The zero-order valence-corrected chi connectivity index (χ0v) is 20.4. The molecule has 5 rings (SSSR count). The summed E-state index contributed by atoms with van der Waals surface area (Å²) in [6.07, 6.45) is 7.21. The topological polar surface area (TPSA) is 98.1 Å². The normalized spacial score (nSPS) is 15.4. The second-order valence-corrected chi connectivity index (χ2v) is 10.3. The van der Waals surface area contributed by atoms with Gasteiger partial charge in [-0.3, -0.25) is 9.62 Å². The van der Waals surface area contributed by atoms with Gasteiger partial charge in [0.2, 0.25) is 0 Å². The molecule has 0 spiro atoms. The monoisotopic (exact) mass is 512 g/mol. The van der Waals surface area contributed by atoms with Crippen molar-refractivity contribution in [3.63, 3.8) is 0 Å². The predicted molar refractivity (Wildman–Crippen MR) is 132 cm³/mol. The molecule has 36 heavy (non-hydrogen) atoms. The Labute approximate surface area is 208 Å². The molecule has 0 bridgehead atoms. The SMILES string of the molecule is COC(=O)c1c(NS(=O)(=O)c2ccc(F)cc2C=CCN2CCCC2)ccc2c1OCc1occc1-2. The number of esters is 1. The van der Waals surface area contributed by atoms with Crippen molar-refractivity contribution in [2.24, 2.45) is 0 Å². The molecule has 3 aromatic rings. The Balaban J connectivity index is 1.51. The van der Waals surface area contributed by atoms with Gasteiger partial charge in [-0.1, -0.05) is 12.2 Å². The van der Waals surface area contributed by atoms with Crippen molar-refractivity contribution in [3.8, 4) is 16.9 Å². The molecule has 2 aromatic carbocycles. The predicted octanol–water partition coefficient (Wildman–Crippen LogP) is 4.67. The molecule has 3 heterocycles. The number of benzene rings is 2. The molecule has 2 aliphatic rings. The van der Waals surface area contributed by atoms with Crippen molar-refractivity contribution in [1.82, 2.24) is 4.90 Å². The van der Waals surface area contributed by atoms with Crippen LogP contribution < -0.4 is 9.46 Å². The number of methoxy groups -OCH3 is 1. The first-order valence-electron chi connectivity index (χ1n) is 11.5. The maximum atomic E-state index is 14.0. The minimum atomic E-state index is -4.21. The van der Waals surface area contributed by atoms with Gasteiger partial charge in [-0.15, -0.1) is 0 Å². The van der Waals surface area contributed by atoms with Gasteiger partial charge in [0, 0.05) is 17.7 Å². The minimum Gasteiger partial charge on any atom is -0.484 e. The summed E-state index contributed by atoms with van der Waals surface area (Å²) in [5.74, 6) is -0.520. The molecule has 188 valence electrons. The van der Waals surface area contributed by atoms with Gasteiger partial charge >= 0.3 is 5.97 Å². The van der Waals surface area contributed by atoms with Gasteiger partial charge in [0.05, 0.1) is 24.0 Å². The molecule has 1 N–H and O–H groups in total. The molecule has 10 heteroatoms. The van der Waals surface area contributed by atoms with Gasteiger partial charge in [-0.05, 0) is 67.9 Å². The highest BCUT2D eigenvalue weighted by Crippen LogP contribution is 2.43. The maximum absolute atomic E-state index is 14.0. The first-order chi connectivity index (χ1) is 17.4. The third kappa shape index (κ3) is 4.61. The molecule has 1 saturated heterocycles. The van der Waals surface area contributed by atoms with Crippen molar-refractivity contribution in [3.05, 3.63) is 71.4 Å². The molecule has 0 amide bonds. The Morgan fingerprint density at radius 3 is 2.75 bits per heavy atom. The number of hydrogen-bond donors (Lipinski definition) is 1. The molecule has 1 aromatic heterocycles. The number of likely N-dealkylation sites (tertiary alicyclic amines) is 1. The largest absolute Gasteiger partial charge is 0.484 e.